The summed E-state index contributed by atoms with van der Waals surface area (Å²) in [6.07, 6.45) is 0. The van der Waals surface area contributed by atoms with Crippen LogP contribution in [-0.4, -0.2) is 36.0 Å². The van der Waals surface area contributed by atoms with E-state index in [2.05, 4.69) is 19.2 Å². The standard InChI is InChI=1S/C14H21N3O/c1-9-4-5-12(15)6-13(9)14(18)17-7-10(2)16-11(3)8-17/h4-6,10-11,16H,7-8,15H2,1-3H3. The molecule has 0 radical (unpaired) electrons. The number of benzene rings is 1. The fourth-order valence-electron chi connectivity index (χ4n) is 2.53. The monoisotopic (exact) mass is 247 g/mol. The van der Waals surface area contributed by atoms with Crippen molar-refractivity contribution in [1.82, 2.24) is 10.2 Å². The highest BCUT2D eigenvalue weighted by Crippen LogP contribution is 2.17. The van der Waals surface area contributed by atoms with Crippen molar-refractivity contribution in [2.24, 2.45) is 0 Å². The molecule has 2 atom stereocenters. The second-order valence-electron chi connectivity index (χ2n) is 5.25. The highest BCUT2D eigenvalue weighted by atomic mass is 16.2. The maximum Gasteiger partial charge on any atom is 0.254 e. The van der Waals surface area contributed by atoms with Gasteiger partial charge in [0.2, 0.25) is 0 Å². The van der Waals surface area contributed by atoms with Gasteiger partial charge < -0.3 is 16.0 Å². The zero-order chi connectivity index (χ0) is 13.3. The molecule has 0 aliphatic carbocycles. The Morgan fingerprint density at radius 1 is 1.33 bits per heavy atom. The lowest BCUT2D eigenvalue weighted by molar-refractivity contribution is 0.0673. The number of hydrogen-bond donors (Lipinski definition) is 2. The van der Waals surface area contributed by atoms with Gasteiger partial charge in [0, 0.05) is 36.4 Å². The average Bonchev–Trinajstić information content (AvgIpc) is 2.30. The van der Waals surface area contributed by atoms with E-state index in [1.54, 1.807) is 6.07 Å². The molecule has 1 amide bonds. The zero-order valence-electron chi connectivity index (χ0n) is 11.2. The van der Waals surface area contributed by atoms with Crippen molar-refractivity contribution in [2.45, 2.75) is 32.9 Å². The van der Waals surface area contributed by atoms with E-state index in [1.807, 2.05) is 24.0 Å². The first-order valence-corrected chi connectivity index (χ1v) is 6.39. The van der Waals surface area contributed by atoms with Crippen molar-refractivity contribution in [3.63, 3.8) is 0 Å². The second kappa shape index (κ2) is 4.98. The van der Waals surface area contributed by atoms with Crippen LogP contribution in [0.4, 0.5) is 5.69 Å². The Balaban J connectivity index is 2.22. The Morgan fingerprint density at radius 3 is 2.56 bits per heavy atom. The molecule has 1 saturated heterocycles. The van der Waals surface area contributed by atoms with Crippen molar-refractivity contribution in [1.29, 1.82) is 0 Å². The third-order valence-electron chi connectivity index (χ3n) is 3.34. The van der Waals surface area contributed by atoms with Gasteiger partial charge in [0.25, 0.3) is 5.91 Å². The fourth-order valence-corrected chi connectivity index (χ4v) is 2.53. The molecular formula is C14H21N3O. The summed E-state index contributed by atoms with van der Waals surface area (Å²) in [6, 6.07) is 6.17. The number of amides is 1. The highest BCUT2D eigenvalue weighted by molar-refractivity contribution is 5.96. The van der Waals surface area contributed by atoms with Gasteiger partial charge in [0.15, 0.2) is 0 Å². The Morgan fingerprint density at radius 2 is 1.94 bits per heavy atom. The Bertz CT molecular complexity index is 448. The maximum atomic E-state index is 12.5. The van der Waals surface area contributed by atoms with Crippen molar-refractivity contribution in [2.75, 3.05) is 18.8 Å². The summed E-state index contributed by atoms with van der Waals surface area (Å²) < 4.78 is 0. The van der Waals surface area contributed by atoms with Crippen molar-refractivity contribution in [3.8, 4) is 0 Å². The minimum atomic E-state index is 0.0833. The molecule has 1 aromatic carbocycles. The number of anilines is 1. The van der Waals surface area contributed by atoms with Crippen LogP contribution in [-0.2, 0) is 0 Å². The van der Waals surface area contributed by atoms with Gasteiger partial charge in [-0.05, 0) is 38.5 Å². The topological polar surface area (TPSA) is 58.4 Å². The number of nitrogens with two attached hydrogens (primary N) is 1. The molecule has 0 bridgehead atoms. The summed E-state index contributed by atoms with van der Waals surface area (Å²) in [6.45, 7) is 7.64. The van der Waals surface area contributed by atoms with Crippen LogP contribution >= 0.6 is 0 Å². The third-order valence-corrected chi connectivity index (χ3v) is 3.34. The van der Waals surface area contributed by atoms with E-state index in [4.69, 9.17) is 5.73 Å². The van der Waals surface area contributed by atoms with Gasteiger partial charge in [-0.1, -0.05) is 6.07 Å². The molecule has 3 N–H and O–H groups in total. The lowest BCUT2D eigenvalue weighted by Gasteiger charge is -2.36. The molecule has 2 rings (SSSR count). The summed E-state index contributed by atoms with van der Waals surface area (Å²) in [5, 5.41) is 3.42. The lowest BCUT2D eigenvalue weighted by Crippen LogP contribution is -2.55. The van der Waals surface area contributed by atoms with E-state index in [0.717, 1.165) is 24.2 Å². The average molecular weight is 247 g/mol. The molecule has 98 valence electrons. The molecule has 4 nitrogen and oxygen atoms in total. The molecule has 1 aliphatic heterocycles. The third kappa shape index (κ3) is 2.64. The Hall–Kier alpha value is -1.55. The Kier molecular flexibility index (Phi) is 3.57. The number of piperazine rings is 1. The molecule has 1 aromatic rings. The molecule has 1 aliphatic rings. The van der Waals surface area contributed by atoms with E-state index in [0.29, 0.717) is 17.8 Å². The molecular weight excluding hydrogens is 226 g/mol. The van der Waals surface area contributed by atoms with Crippen LogP contribution in [0, 0.1) is 6.92 Å². The van der Waals surface area contributed by atoms with Crippen LogP contribution in [0.3, 0.4) is 0 Å². The SMILES string of the molecule is Cc1ccc(N)cc1C(=O)N1CC(C)NC(C)C1. The molecule has 0 spiro atoms. The maximum absolute atomic E-state index is 12.5. The van der Waals surface area contributed by atoms with Gasteiger partial charge in [-0.2, -0.15) is 0 Å². The molecule has 18 heavy (non-hydrogen) atoms. The number of nitrogens with one attached hydrogen (secondary N) is 1. The van der Waals surface area contributed by atoms with Gasteiger partial charge in [-0.25, -0.2) is 0 Å². The Labute approximate surface area is 108 Å². The second-order valence-corrected chi connectivity index (χ2v) is 5.25. The molecule has 1 fully saturated rings. The van der Waals surface area contributed by atoms with Crippen LogP contribution < -0.4 is 11.1 Å². The first-order chi connectivity index (χ1) is 8.47. The van der Waals surface area contributed by atoms with Gasteiger partial charge in [0.1, 0.15) is 0 Å². The minimum absolute atomic E-state index is 0.0833. The van der Waals surface area contributed by atoms with Gasteiger partial charge >= 0.3 is 0 Å². The number of nitrogen functional groups attached to an aromatic ring is 1. The van der Waals surface area contributed by atoms with Gasteiger partial charge in [0.05, 0.1) is 0 Å². The van der Waals surface area contributed by atoms with E-state index in [9.17, 15) is 4.79 Å². The van der Waals surface area contributed by atoms with Gasteiger partial charge in [-0.3, -0.25) is 4.79 Å². The first-order valence-electron chi connectivity index (χ1n) is 6.39. The van der Waals surface area contributed by atoms with E-state index >= 15 is 0 Å². The predicted molar refractivity (Wildman–Crippen MR) is 73.6 cm³/mol. The number of carbonyl (C=O) groups excluding carboxylic acids is 1. The number of nitrogens with zero attached hydrogens (tertiary/aromatic N) is 1. The first kappa shape index (κ1) is 12.9. The lowest BCUT2D eigenvalue weighted by atomic mass is 10.0. The minimum Gasteiger partial charge on any atom is -0.399 e. The molecule has 2 unspecified atom stereocenters. The number of rotatable bonds is 1. The quantitative estimate of drug-likeness (QED) is 0.738. The summed E-state index contributed by atoms with van der Waals surface area (Å²) in [4.78, 5) is 14.4. The van der Waals surface area contributed by atoms with Crippen LogP contribution in [0.5, 0.6) is 0 Å². The van der Waals surface area contributed by atoms with E-state index < -0.39 is 0 Å². The van der Waals surface area contributed by atoms with Crippen molar-refractivity contribution < 1.29 is 4.79 Å². The molecule has 4 heteroatoms. The van der Waals surface area contributed by atoms with Crippen LogP contribution in [0.2, 0.25) is 0 Å². The van der Waals surface area contributed by atoms with E-state index in [-0.39, 0.29) is 5.91 Å². The van der Waals surface area contributed by atoms with Gasteiger partial charge in [-0.15, -0.1) is 0 Å². The number of hydrogen-bond acceptors (Lipinski definition) is 3. The van der Waals surface area contributed by atoms with Crippen molar-refractivity contribution >= 4 is 11.6 Å². The van der Waals surface area contributed by atoms with Crippen LogP contribution in [0.1, 0.15) is 29.8 Å². The van der Waals surface area contributed by atoms with E-state index in [1.165, 1.54) is 0 Å². The summed E-state index contributed by atoms with van der Waals surface area (Å²) in [5.41, 5.74) is 8.10. The summed E-state index contributed by atoms with van der Waals surface area (Å²) in [7, 11) is 0. The van der Waals surface area contributed by atoms with Crippen LogP contribution in [0.15, 0.2) is 18.2 Å². The number of aryl methyl sites for hydroxylation is 1. The molecule has 0 saturated carbocycles. The smallest absolute Gasteiger partial charge is 0.254 e. The largest absolute Gasteiger partial charge is 0.399 e. The highest BCUT2D eigenvalue weighted by Gasteiger charge is 2.26. The number of carbonyl (C=O) groups is 1. The van der Waals surface area contributed by atoms with Crippen LogP contribution in [0.25, 0.3) is 0 Å². The molecule has 1 heterocycles. The predicted octanol–water partition coefficient (Wildman–Crippen LogP) is 1.40. The van der Waals surface area contributed by atoms with Crippen molar-refractivity contribution in [3.05, 3.63) is 29.3 Å². The molecule has 0 aromatic heterocycles. The fraction of sp³-hybridized carbons (Fsp3) is 0.500. The zero-order valence-corrected chi connectivity index (χ0v) is 11.2. The normalized spacial score (nSPS) is 24.1. The summed E-state index contributed by atoms with van der Waals surface area (Å²) in [5.74, 6) is 0.0833. The summed E-state index contributed by atoms with van der Waals surface area (Å²) >= 11 is 0.